The van der Waals surface area contributed by atoms with Crippen LogP contribution in [-0.2, 0) is 16.6 Å². The van der Waals surface area contributed by atoms with E-state index in [-0.39, 0.29) is 11.3 Å². The fourth-order valence-corrected chi connectivity index (χ4v) is 2.00. The molecule has 0 unspecified atom stereocenters. The fourth-order valence-electron chi connectivity index (χ4n) is 2.00. The van der Waals surface area contributed by atoms with Crippen molar-refractivity contribution < 1.29 is 4.79 Å². The molecule has 0 radical (unpaired) electrons. The summed E-state index contributed by atoms with van der Waals surface area (Å²) in [7, 11) is 1.77. The molecule has 1 aromatic rings. The van der Waals surface area contributed by atoms with Crippen LogP contribution >= 0.6 is 0 Å². The van der Waals surface area contributed by atoms with Gasteiger partial charge in [0.2, 0.25) is 5.91 Å². The Labute approximate surface area is 116 Å². The Morgan fingerprint density at radius 1 is 1.26 bits per heavy atom. The predicted molar refractivity (Wildman–Crippen MR) is 80.5 cm³/mol. The number of aryl methyl sites for hydroxylation is 1. The first-order chi connectivity index (χ1) is 8.84. The lowest BCUT2D eigenvalue weighted by atomic mass is 9.85. The first kappa shape index (κ1) is 15.7. The summed E-state index contributed by atoms with van der Waals surface area (Å²) in [4.78, 5) is 11.3. The SMILES string of the molecule is CNCC(=O)NCCc1ccc(C(C)(C)C)cc1C. The van der Waals surface area contributed by atoms with E-state index in [1.807, 2.05) is 0 Å². The number of likely N-dealkylation sites (N-methyl/N-ethyl adjacent to an activating group) is 1. The van der Waals surface area contributed by atoms with Crippen molar-refractivity contribution in [2.24, 2.45) is 0 Å². The Bertz CT molecular complexity index is 433. The predicted octanol–water partition coefficient (Wildman–Crippen LogP) is 2.17. The number of carbonyl (C=O) groups excluding carboxylic acids is 1. The number of hydrogen-bond donors (Lipinski definition) is 2. The molecule has 0 aliphatic carbocycles. The molecule has 0 aromatic heterocycles. The Hall–Kier alpha value is -1.35. The van der Waals surface area contributed by atoms with Crippen molar-refractivity contribution in [3.63, 3.8) is 0 Å². The number of amides is 1. The summed E-state index contributed by atoms with van der Waals surface area (Å²) in [6.45, 7) is 9.87. The first-order valence-electron chi connectivity index (χ1n) is 6.86. The third-order valence-electron chi connectivity index (χ3n) is 3.26. The van der Waals surface area contributed by atoms with Crippen molar-refractivity contribution in [1.29, 1.82) is 0 Å². The lowest BCUT2D eigenvalue weighted by molar-refractivity contribution is -0.120. The molecule has 0 saturated carbocycles. The van der Waals surface area contributed by atoms with E-state index in [0.29, 0.717) is 13.1 Å². The highest BCUT2D eigenvalue weighted by Gasteiger charge is 2.14. The number of carbonyl (C=O) groups is 1. The van der Waals surface area contributed by atoms with E-state index < -0.39 is 0 Å². The van der Waals surface area contributed by atoms with Crippen LogP contribution in [0.3, 0.4) is 0 Å². The average molecular weight is 262 g/mol. The maximum Gasteiger partial charge on any atom is 0.233 e. The van der Waals surface area contributed by atoms with Crippen LogP contribution in [0.2, 0.25) is 0 Å². The van der Waals surface area contributed by atoms with Crippen molar-refractivity contribution in [3.8, 4) is 0 Å². The third-order valence-corrected chi connectivity index (χ3v) is 3.26. The Balaban J connectivity index is 2.58. The van der Waals surface area contributed by atoms with E-state index in [0.717, 1.165) is 6.42 Å². The monoisotopic (exact) mass is 262 g/mol. The minimum atomic E-state index is 0.0477. The van der Waals surface area contributed by atoms with Gasteiger partial charge in [-0.25, -0.2) is 0 Å². The van der Waals surface area contributed by atoms with Crippen LogP contribution < -0.4 is 10.6 Å². The maximum atomic E-state index is 11.3. The molecule has 0 atom stereocenters. The Morgan fingerprint density at radius 2 is 1.95 bits per heavy atom. The Morgan fingerprint density at radius 3 is 2.47 bits per heavy atom. The topological polar surface area (TPSA) is 41.1 Å². The van der Waals surface area contributed by atoms with Crippen molar-refractivity contribution in [2.45, 2.75) is 39.5 Å². The van der Waals surface area contributed by atoms with Crippen LogP contribution in [0.1, 0.15) is 37.5 Å². The van der Waals surface area contributed by atoms with Gasteiger partial charge in [0, 0.05) is 6.54 Å². The van der Waals surface area contributed by atoms with Gasteiger partial charge in [0.15, 0.2) is 0 Å². The normalized spacial score (nSPS) is 11.4. The molecular formula is C16H26N2O. The molecule has 0 bridgehead atoms. The van der Waals surface area contributed by atoms with Crippen LogP contribution in [0.25, 0.3) is 0 Å². The van der Waals surface area contributed by atoms with E-state index in [4.69, 9.17) is 0 Å². The second-order valence-corrected chi connectivity index (χ2v) is 6.02. The van der Waals surface area contributed by atoms with Crippen molar-refractivity contribution in [1.82, 2.24) is 10.6 Å². The molecule has 3 heteroatoms. The van der Waals surface area contributed by atoms with E-state index in [9.17, 15) is 4.79 Å². The quantitative estimate of drug-likeness (QED) is 0.854. The average Bonchev–Trinajstić information content (AvgIpc) is 2.30. The molecule has 0 heterocycles. The van der Waals surface area contributed by atoms with Gasteiger partial charge in [0.25, 0.3) is 0 Å². The first-order valence-corrected chi connectivity index (χ1v) is 6.86. The molecule has 0 fully saturated rings. The standard InChI is InChI=1S/C16H26N2O/c1-12-10-14(16(2,3)4)7-6-13(12)8-9-18-15(19)11-17-5/h6-7,10,17H,8-9,11H2,1-5H3,(H,18,19). The molecular weight excluding hydrogens is 236 g/mol. The van der Waals surface area contributed by atoms with E-state index in [1.54, 1.807) is 7.05 Å². The highest BCUT2D eigenvalue weighted by Crippen LogP contribution is 2.24. The number of rotatable bonds is 5. The molecule has 0 saturated heterocycles. The molecule has 1 aromatic carbocycles. The summed E-state index contributed by atoms with van der Waals surface area (Å²) >= 11 is 0. The smallest absolute Gasteiger partial charge is 0.233 e. The summed E-state index contributed by atoms with van der Waals surface area (Å²) in [5.74, 6) is 0.0477. The van der Waals surface area contributed by atoms with Crippen molar-refractivity contribution >= 4 is 5.91 Å². The van der Waals surface area contributed by atoms with Gasteiger partial charge in [-0.3, -0.25) is 4.79 Å². The second kappa shape index (κ2) is 6.71. The van der Waals surface area contributed by atoms with Crippen LogP contribution in [0.15, 0.2) is 18.2 Å². The largest absolute Gasteiger partial charge is 0.355 e. The highest BCUT2D eigenvalue weighted by molar-refractivity contribution is 5.77. The minimum Gasteiger partial charge on any atom is -0.355 e. The van der Waals surface area contributed by atoms with Crippen LogP contribution in [0, 0.1) is 6.92 Å². The van der Waals surface area contributed by atoms with Gasteiger partial charge in [0.1, 0.15) is 0 Å². The second-order valence-electron chi connectivity index (χ2n) is 6.02. The molecule has 0 aliphatic rings. The molecule has 0 aliphatic heterocycles. The molecule has 0 spiro atoms. The van der Waals surface area contributed by atoms with Gasteiger partial charge in [-0.1, -0.05) is 39.0 Å². The lowest BCUT2D eigenvalue weighted by Gasteiger charge is -2.20. The maximum absolute atomic E-state index is 11.3. The van der Waals surface area contributed by atoms with Crippen molar-refractivity contribution in [3.05, 3.63) is 34.9 Å². The van der Waals surface area contributed by atoms with Gasteiger partial charge in [-0.2, -0.15) is 0 Å². The summed E-state index contributed by atoms with van der Waals surface area (Å²) in [5.41, 5.74) is 4.14. The summed E-state index contributed by atoms with van der Waals surface area (Å²) in [5, 5.41) is 5.74. The van der Waals surface area contributed by atoms with Gasteiger partial charge in [-0.05, 0) is 42.5 Å². The summed E-state index contributed by atoms with van der Waals surface area (Å²) in [6.07, 6.45) is 0.881. The summed E-state index contributed by atoms with van der Waals surface area (Å²) in [6, 6.07) is 6.63. The van der Waals surface area contributed by atoms with Crippen LogP contribution in [0.4, 0.5) is 0 Å². The zero-order valence-electron chi connectivity index (χ0n) is 12.8. The summed E-state index contributed by atoms with van der Waals surface area (Å²) < 4.78 is 0. The van der Waals surface area contributed by atoms with Crippen LogP contribution in [-0.4, -0.2) is 26.0 Å². The highest BCUT2D eigenvalue weighted by atomic mass is 16.1. The lowest BCUT2D eigenvalue weighted by Crippen LogP contribution is -2.33. The minimum absolute atomic E-state index is 0.0477. The number of nitrogens with one attached hydrogen (secondary N) is 2. The van der Waals surface area contributed by atoms with E-state index in [1.165, 1.54) is 16.7 Å². The molecule has 19 heavy (non-hydrogen) atoms. The zero-order valence-corrected chi connectivity index (χ0v) is 12.8. The Kier molecular flexibility index (Phi) is 5.55. The van der Waals surface area contributed by atoms with Gasteiger partial charge < -0.3 is 10.6 Å². The molecule has 1 amide bonds. The van der Waals surface area contributed by atoms with Gasteiger partial charge >= 0.3 is 0 Å². The van der Waals surface area contributed by atoms with Gasteiger partial charge in [0.05, 0.1) is 6.54 Å². The number of benzene rings is 1. The molecule has 3 nitrogen and oxygen atoms in total. The van der Waals surface area contributed by atoms with Crippen molar-refractivity contribution in [2.75, 3.05) is 20.1 Å². The van der Waals surface area contributed by atoms with Crippen LogP contribution in [0.5, 0.6) is 0 Å². The third kappa shape index (κ3) is 5.03. The molecule has 1 rings (SSSR count). The molecule has 2 N–H and O–H groups in total. The van der Waals surface area contributed by atoms with Gasteiger partial charge in [-0.15, -0.1) is 0 Å². The molecule has 106 valence electrons. The van der Waals surface area contributed by atoms with E-state index >= 15 is 0 Å². The van der Waals surface area contributed by atoms with E-state index in [2.05, 4.69) is 56.5 Å². The fraction of sp³-hybridized carbons (Fsp3) is 0.562. The zero-order chi connectivity index (χ0) is 14.5. The number of hydrogen-bond acceptors (Lipinski definition) is 2.